The maximum atomic E-state index is 11.7. The Morgan fingerprint density at radius 2 is 1.95 bits per heavy atom. The molecule has 0 radical (unpaired) electrons. The molecule has 1 aromatic carbocycles. The summed E-state index contributed by atoms with van der Waals surface area (Å²) in [7, 11) is 1.58. The molecule has 0 aliphatic carbocycles. The van der Waals surface area contributed by atoms with Crippen molar-refractivity contribution >= 4 is 11.7 Å². The highest BCUT2D eigenvalue weighted by molar-refractivity contribution is 5.92. The summed E-state index contributed by atoms with van der Waals surface area (Å²) in [6.07, 6.45) is 0. The molecule has 0 fully saturated rings. The van der Waals surface area contributed by atoms with Gasteiger partial charge in [0.15, 0.2) is 5.69 Å². The predicted molar refractivity (Wildman–Crippen MR) is 80.0 cm³/mol. The number of hydrogen-bond donors (Lipinski definition) is 2. The summed E-state index contributed by atoms with van der Waals surface area (Å²) in [5, 5.41) is 13.7. The van der Waals surface area contributed by atoms with Crippen LogP contribution in [-0.2, 0) is 11.3 Å². The number of benzene rings is 1. The van der Waals surface area contributed by atoms with E-state index in [0.717, 1.165) is 5.56 Å². The average Bonchev–Trinajstić information content (AvgIpc) is 2.54. The molecule has 2 rings (SSSR count). The van der Waals surface area contributed by atoms with Crippen molar-refractivity contribution in [3.05, 3.63) is 53.7 Å². The minimum atomic E-state index is -0.255. The van der Waals surface area contributed by atoms with Gasteiger partial charge in [-0.25, -0.2) is 0 Å². The lowest BCUT2D eigenvalue weighted by Gasteiger charge is -2.06. The number of carbonyl (C=O) groups excluding carboxylic acids is 1. The first kappa shape index (κ1) is 14.9. The zero-order valence-corrected chi connectivity index (χ0v) is 11.9. The number of ether oxygens (including phenoxy) is 1. The number of aromatic nitrogens is 2. The van der Waals surface area contributed by atoms with Crippen LogP contribution >= 0.6 is 0 Å². The molecule has 0 aliphatic rings. The van der Waals surface area contributed by atoms with Gasteiger partial charge in [0.05, 0.1) is 6.61 Å². The van der Waals surface area contributed by atoms with E-state index in [1.54, 1.807) is 19.2 Å². The Balaban J connectivity index is 1.85. The zero-order valence-electron chi connectivity index (χ0n) is 11.9. The van der Waals surface area contributed by atoms with E-state index in [1.165, 1.54) is 0 Å². The van der Waals surface area contributed by atoms with E-state index >= 15 is 0 Å². The highest BCUT2D eigenvalue weighted by Gasteiger charge is 2.07. The third kappa shape index (κ3) is 4.85. The standard InChI is InChI=1S/C15H18N4O2/c1-21-10-9-16-15(20)13-7-8-14(19-18-13)17-11-12-5-3-2-4-6-12/h2-8H,9-11H2,1H3,(H,16,20)(H,17,19). The van der Waals surface area contributed by atoms with Gasteiger partial charge in [0.25, 0.3) is 5.91 Å². The van der Waals surface area contributed by atoms with Crippen LogP contribution in [0.1, 0.15) is 16.1 Å². The maximum absolute atomic E-state index is 11.7. The molecule has 110 valence electrons. The van der Waals surface area contributed by atoms with Gasteiger partial charge in [-0.15, -0.1) is 10.2 Å². The Labute approximate surface area is 123 Å². The number of rotatable bonds is 7. The first-order valence-electron chi connectivity index (χ1n) is 6.68. The quantitative estimate of drug-likeness (QED) is 0.754. The van der Waals surface area contributed by atoms with Crippen molar-refractivity contribution < 1.29 is 9.53 Å². The Bertz CT molecular complexity index is 558. The van der Waals surface area contributed by atoms with E-state index in [1.807, 2.05) is 30.3 Å². The largest absolute Gasteiger partial charge is 0.383 e. The van der Waals surface area contributed by atoms with Gasteiger partial charge in [0.2, 0.25) is 0 Å². The van der Waals surface area contributed by atoms with Gasteiger partial charge in [-0.05, 0) is 17.7 Å². The van der Waals surface area contributed by atoms with E-state index in [0.29, 0.717) is 25.5 Å². The second kappa shape index (κ2) is 7.96. The second-order valence-corrected chi connectivity index (χ2v) is 4.39. The predicted octanol–water partition coefficient (Wildman–Crippen LogP) is 1.46. The number of nitrogens with zero attached hydrogens (tertiary/aromatic N) is 2. The van der Waals surface area contributed by atoms with Crippen LogP contribution in [0.15, 0.2) is 42.5 Å². The molecule has 21 heavy (non-hydrogen) atoms. The zero-order chi connectivity index (χ0) is 14.9. The van der Waals surface area contributed by atoms with Crippen molar-refractivity contribution in [2.75, 3.05) is 25.6 Å². The second-order valence-electron chi connectivity index (χ2n) is 4.39. The fraction of sp³-hybridized carbons (Fsp3) is 0.267. The summed E-state index contributed by atoms with van der Waals surface area (Å²) in [6.45, 7) is 1.58. The normalized spacial score (nSPS) is 10.1. The van der Waals surface area contributed by atoms with Gasteiger partial charge in [0.1, 0.15) is 5.82 Å². The van der Waals surface area contributed by atoms with Crippen LogP contribution < -0.4 is 10.6 Å². The van der Waals surface area contributed by atoms with Crippen molar-refractivity contribution in [3.8, 4) is 0 Å². The number of carbonyl (C=O) groups is 1. The van der Waals surface area contributed by atoms with Crippen LogP contribution in [0.25, 0.3) is 0 Å². The molecular formula is C15H18N4O2. The highest BCUT2D eigenvalue weighted by atomic mass is 16.5. The van der Waals surface area contributed by atoms with Crippen LogP contribution in [0.3, 0.4) is 0 Å². The Morgan fingerprint density at radius 1 is 1.14 bits per heavy atom. The lowest BCUT2D eigenvalue weighted by Crippen LogP contribution is -2.27. The molecule has 6 heteroatoms. The van der Waals surface area contributed by atoms with Gasteiger partial charge >= 0.3 is 0 Å². The number of anilines is 1. The van der Waals surface area contributed by atoms with Crippen LogP contribution in [0.4, 0.5) is 5.82 Å². The molecule has 2 aromatic rings. The first-order valence-corrected chi connectivity index (χ1v) is 6.68. The van der Waals surface area contributed by atoms with Crippen molar-refractivity contribution in [2.45, 2.75) is 6.54 Å². The lowest BCUT2D eigenvalue weighted by atomic mass is 10.2. The molecule has 1 heterocycles. The molecule has 0 saturated carbocycles. The summed E-state index contributed by atoms with van der Waals surface area (Å²) in [5.74, 6) is 0.376. The number of amides is 1. The van der Waals surface area contributed by atoms with Crippen LogP contribution in [0.5, 0.6) is 0 Å². The Hall–Kier alpha value is -2.47. The summed E-state index contributed by atoms with van der Waals surface area (Å²) < 4.78 is 4.86. The lowest BCUT2D eigenvalue weighted by molar-refractivity contribution is 0.0931. The molecular weight excluding hydrogens is 268 g/mol. The Morgan fingerprint density at radius 3 is 2.62 bits per heavy atom. The van der Waals surface area contributed by atoms with Crippen LogP contribution in [-0.4, -0.2) is 36.4 Å². The minimum Gasteiger partial charge on any atom is -0.383 e. The molecule has 0 atom stereocenters. The molecule has 0 unspecified atom stereocenters. The van der Waals surface area contributed by atoms with Gasteiger partial charge in [-0.2, -0.15) is 0 Å². The van der Waals surface area contributed by atoms with E-state index in [-0.39, 0.29) is 11.6 Å². The molecule has 1 aromatic heterocycles. The van der Waals surface area contributed by atoms with Gasteiger partial charge < -0.3 is 15.4 Å². The van der Waals surface area contributed by atoms with E-state index in [2.05, 4.69) is 20.8 Å². The topological polar surface area (TPSA) is 76.1 Å². The van der Waals surface area contributed by atoms with E-state index in [4.69, 9.17) is 4.74 Å². The fourth-order valence-electron chi connectivity index (χ4n) is 1.69. The minimum absolute atomic E-state index is 0.255. The molecule has 0 saturated heterocycles. The summed E-state index contributed by atoms with van der Waals surface area (Å²) >= 11 is 0. The fourth-order valence-corrected chi connectivity index (χ4v) is 1.69. The molecule has 0 bridgehead atoms. The summed E-state index contributed by atoms with van der Waals surface area (Å²) in [4.78, 5) is 11.7. The number of hydrogen-bond acceptors (Lipinski definition) is 5. The van der Waals surface area contributed by atoms with Crippen LogP contribution in [0, 0.1) is 0 Å². The van der Waals surface area contributed by atoms with Crippen molar-refractivity contribution in [1.29, 1.82) is 0 Å². The Kier molecular flexibility index (Phi) is 5.66. The maximum Gasteiger partial charge on any atom is 0.271 e. The van der Waals surface area contributed by atoms with Crippen LogP contribution in [0.2, 0.25) is 0 Å². The van der Waals surface area contributed by atoms with Gasteiger partial charge in [-0.1, -0.05) is 30.3 Å². The molecule has 0 aliphatic heterocycles. The smallest absolute Gasteiger partial charge is 0.271 e. The SMILES string of the molecule is COCCNC(=O)c1ccc(NCc2ccccc2)nn1. The number of nitrogens with one attached hydrogen (secondary N) is 2. The first-order chi connectivity index (χ1) is 10.3. The molecule has 0 spiro atoms. The number of methoxy groups -OCH3 is 1. The van der Waals surface area contributed by atoms with Gasteiger partial charge in [0, 0.05) is 20.2 Å². The average molecular weight is 286 g/mol. The van der Waals surface area contributed by atoms with Crippen molar-refractivity contribution in [2.24, 2.45) is 0 Å². The van der Waals surface area contributed by atoms with Crippen molar-refractivity contribution in [3.63, 3.8) is 0 Å². The van der Waals surface area contributed by atoms with Gasteiger partial charge in [-0.3, -0.25) is 4.79 Å². The summed E-state index contributed by atoms with van der Waals surface area (Å²) in [5.41, 5.74) is 1.44. The monoisotopic (exact) mass is 286 g/mol. The molecule has 2 N–H and O–H groups in total. The van der Waals surface area contributed by atoms with Crippen molar-refractivity contribution in [1.82, 2.24) is 15.5 Å². The molecule has 6 nitrogen and oxygen atoms in total. The van der Waals surface area contributed by atoms with E-state index < -0.39 is 0 Å². The highest BCUT2D eigenvalue weighted by Crippen LogP contribution is 2.05. The molecule has 1 amide bonds. The van der Waals surface area contributed by atoms with E-state index in [9.17, 15) is 4.79 Å². The summed E-state index contributed by atoms with van der Waals surface area (Å²) in [6, 6.07) is 13.4. The third-order valence-corrected chi connectivity index (χ3v) is 2.81. The third-order valence-electron chi connectivity index (χ3n) is 2.81.